The molecule has 0 unspecified atom stereocenters. The first-order valence-corrected chi connectivity index (χ1v) is 14.4. The van der Waals surface area contributed by atoms with Crippen molar-refractivity contribution in [2.45, 2.75) is 44.7 Å². The largest absolute Gasteiger partial charge is 0.340 e. The number of allylic oxidation sites excluding steroid dienone is 3. The zero-order valence-electron chi connectivity index (χ0n) is 23.7. The van der Waals surface area contributed by atoms with E-state index in [9.17, 15) is 4.79 Å². The molecule has 2 N–H and O–H groups in total. The summed E-state index contributed by atoms with van der Waals surface area (Å²) >= 11 is 0. The maximum atomic E-state index is 11.7. The monoisotopic (exact) mass is 547 g/mol. The highest BCUT2D eigenvalue weighted by Crippen LogP contribution is 2.39. The number of carbonyl (C=O) groups excluding carboxylic acids is 1. The molecule has 8 nitrogen and oxygen atoms in total. The van der Waals surface area contributed by atoms with Crippen LogP contribution in [0, 0.1) is 0 Å². The fraction of sp³-hybridized carbons (Fsp3) is 0.333. The van der Waals surface area contributed by atoms with Crippen molar-refractivity contribution in [3.8, 4) is 0 Å². The van der Waals surface area contributed by atoms with Gasteiger partial charge in [0, 0.05) is 62.4 Å². The number of fused-ring (bicyclic) bond motifs is 1. The Morgan fingerprint density at radius 3 is 2.37 bits per heavy atom. The minimum absolute atomic E-state index is 0.129. The van der Waals surface area contributed by atoms with Gasteiger partial charge in [-0.1, -0.05) is 67.3 Å². The lowest BCUT2D eigenvalue weighted by Crippen LogP contribution is -2.47. The highest BCUT2D eigenvalue weighted by Gasteiger charge is 2.34. The van der Waals surface area contributed by atoms with Crippen LogP contribution in [0.2, 0.25) is 0 Å². The Kier molecular flexibility index (Phi) is 7.51. The van der Waals surface area contributed by atoms with E-state index in [1.807, 2.05) is 35.4 Å². The average molecular weight is 548 g/mol. The predicted molar refractivity (Wildman–Crippen MR) is 163 cm³/mol. The Balaban J connectivity index is 1.32. The summed E-state index contributed by atoms with van der Waals surface area (Å²) in [7, 11) is 0. The molecular formula is C33H37N7O. The molecule has 1 amide bonds. The number of rotatable bonds is 5. The molecule has 3 aliphatic rings. The molecule has 2 aromatic carbocycles. The van der Waals surface area contributed by atoms with Gasteiger partial charge in [0.15, 0.2) is 5.82 Å². The van der Waals surface area contributed by atoms with Crippen molar-refractivity contribution in [1.29, 1.82) is 0 Å². The highest BCUT2D eigenvalue weighted by atomic mass is 16.2. The Morgan fingerprint density at radius 1 is 0.976 bits per heavy atom. The third-order valence-corrected chi connectivity index (χ3v) is 8.50. The zero-order valence-corrected chi connectivity index (χ0v) is 23.7. The fourth-order valence-corrected chi connectivity index (χ4v) is 5.79. The second-order valence-electron chi connectivity index (χ2n) is 11.2. The van der Waals surface area contributed by atoms with E-state index in [2.05, 4.69) is 68.7 Å². The van der Waals surface area contributed by atoms with Crippen LogP contribution in [-0.2, 0) is 23.3 Å². The molecule has 0 atom stereocenters. The van der Waals surface area contributed by atoms with E-state index < -0.39 is 0 Å². The summed E-state index contributed by atoms with van der Waals surface area (Å²) < 4.78 is 2.05. The van der Waals surface area contributed by atoms with Crippen molar-refractivity contribution in [1.82, 2.24) is 24.6 Å². The molecule has 3 heterocycles. The Bertz CT molecular complexity index is 1520. The molecule has 210 valence electrons. The lowest BCUT2D eigenvalue weighted by atomic mass is 9.72. The average Bonchev–Trinajstić information content (AvgIpc) is 3.36. The van der Waals surface area contributed by atoms with Gasteiger partial charge < -0.3 is 10.6 Å². The second kappa shape index (κ2) is 11.4. The third-order valence-electron chi connectivity index (χ3n) is 8.50. The van der Waals surface area contributed by atoms with E-state index in [4.69, 9.17) is 10.7 Å². The molecule has 0 spiro atoms. The molecule has 0 bridgehead atoms. The third kappa shape index (κ3) is 5.71. The smallest absolute Gasteiger partial charge is 0.219 e. The summed E-state index contributed by atoms with van der Waals surface area (Å²) in [6, 6.07) is 18.9. The maximum absolute atomic E-state index is 11.7. The second-order valence-corrected chi connectivity index (χ2v) is 11.2. The van der Waals surface area contributed by atoms with Gasteiger partial charge in [-0.05, 0) is 36.5 Å². The molecule has 1 aliphatic carbocycles. The van der Waals surface area contributed by atoms with E-state index in [-0.39, 0.29) is 11.4 Å². The Morgan fingerprint density at radius 2 is 1.71 bits per heavy atom. The van der Waals surface area contributed by atoms with E-state index in [0.717, 1.165) is 73.1 Å². The predicted octanol–water partition coefficient (Wildman–Crippen LogP) is 4.39. The topological polar surface area (TPSA) is 92.6 Å². The van der Waals surface area contributed by atoms with Gasteiger partial charge in [-0.25, -0.2) is 4.99 Å². The molecule has 2 aliphatic heterocycles. The molecule has 3 aromatic rings. The molecule has 41 heavy (non-hydrogen) atoms. The van der Waals surface area contributed by atoms with Crippen molar-refractivity contribution in [3.05, 3.63) is 107 Å². The number of aliphatic imine (C=N–C) groups is 1. The van der Waals surface area contributed by atoms with Crippen LogP contribution >= 0.6 is 0 Å². The summed E-state index contributed by atoms with van der Waals surface area (Å²) in [6.07, 6.45) is 9.92. The molecule has 8 heteroatoms. The van der Waals surface area contributed by atoms with Crippen LogP contribution < -0.4 is 5.73 Å². The number of nitrogens with zero attached hydrogens (tertiary/aromatic N) is 6. The quantitative estimate of drug-likeness (QED) is 0.511. The van der Waals surface area contributed by atoms with Gasteiger partial charge in [-0.2, -0.15) is 0 Å². The maximum Gasteiger partial charge on any atom is 0.219 e. The summed E-state index contributed by atoms with van der Waals surface area (Å²) in [6.45, 7) is 9.66. The number of nitrogens with two attached hydrogens (primary N) is 1. The van der Waals surface area contributed by atoms with Crippen LogP contribution in [0.5, 0.6) is 0 Å². The van der Waals surface area contributed by atoms with Gasteiger partial charge in [0.25, 0.3) is 0 Å². The number of hydrogen-bond acceptors (Lipinski definition) is 6. The Labute approximate surface area is 241 Å². The molecule has 6 rings (SSSR count). The van der Waals surface area contributed by atoms with E-state index in [0.29, 0.717) is 18.7 Å². The van der Waals surface area contributed by atoms with Crippen LogP contribution in [0.4, 0.5) is 0 Å². The normalized spacial score (nSPS) is 21.2. The summed E-state index contributed by atoms with van der Waals surface area (Å²) in [5, 5.41) is 9.16. The molecule has 1 aromatic heterocycles. The number of amides is 1. The standard InChI is InChI=1S/C33H37N7O/c1-24-15-18-40-30(36-37-31(40)23-38-19-21-39(22-20-38)25(2)41)14-13-29(26-7-4-3-5-8-26)32(35-24)27-9-11-28(12-10-27)33(34)16-6-17-33/h3-5,7-13,15,18H,1,6,14,16-17,19-23,34H2,2H3/b18-15-,29-13-,35-32?. The van der Waals surface area contributed by atoms with Crippen LogP contribution in [0.25, 0.3) is 11.8 Å². The minimum atomic E-state index is -0.204. The van der Waals surface area contributed by atoms with Crippen LogP contribution in [0.1, 0.15) is 54.5 Å². The number of carbonyl (C=O) groups is 1. The van der Waals surface area contributed by atoms with Crippen LogP contribution in [0.3, 0.4) is 0 Å². The van der Waals surface area contributed by atoms with Crippen molar-refractivity contribution >= 4 is 23.4 Å². The first-order valence-electron chi connectivity index (χ1n) is 14.4. The molecule has 1 saturated carbocycles. The molecule has 2 fully saturated rings. The first kappa shape index (κ1) is 27.1. The zero-order chi connectivity index (χ0) is 28.4. The van der Waals surface area contributed by atoms with Gasteiger partial charge in [0.1, 0.15) is 5.82 Å². The highest BCUT2D eigenvalue weighted by molar-refractivity contribution is 6.32. The first-order chi connectivity index (χ1) is 19.9. The molecular weight excluding hydrogens is 510 g/mol. The van der Waals surface area contributed by atoms with Crippen molar-refractivity contribution in [2.24, 2.45) is 10.7 Å². The summed E-state index contributed by atoms with van der Waals surface area (Å²) in [4.78, 5) is 21.0. The lowest BCUT2D eigenvalue weighted by molar-refractivity contribution is -0.130. The van der Waals surface area contributed by atoms with E-state index in [1.54, 1.807) is 6.92 Å². The van der Waals surface area contributed by atoms with E-state index in [1.165, 1.54) is 12.0 Å². The fourth-order valence-electron chi connectivity index (χ4n) is 5.79. The van der Waals surface area contributed by atoms with Gasteiger partial charge in [-0.15, -0.1) is 10.2 Å². The minimum Gasteiger partial charge on any atom is -0.340 e. The van der Waals surface area contributed by atoms with Crippen LogP contribution in [-0.4, -0.2) is 62.4 Å². The number of hydrogen-bond donors (Lipinski definition) is 1. The van der Waals surface area contributed by atoms with Crippen molar-refractivity contribution < 1.29 is 4.79 Å². The van der Waals surface area contributed by atoms with Crippen molar-refractivity contribution in [2.75, 3.05) is 26.2 Å². The van der Waals surface area contributed by atoms with Crippen LogP contribution in [0.15, 0.2) is 84.0 Å². The molecule has 1 saturated heterocycles. The van der Waals surface area contributed by atoms with Gasteiger partial charge >= 0.3 is 0 Å². The van der Waals surface area contributed by atoms with E-state index >= 15 is 0 Å². The van der Waals surface area contributed by atoms with Gasteiger partial charge in [0.2, 0.25) is 5.91 Å². The summed E-state index contributed by atoms with van der Waals surface area (Å²) in [5.74, 6) is 1.85. The Hall–Kier alpha value is -4.14. The number of piperazine rings is 1. The van der Waals surface area contributed by atoms with Crippen molar-refractivity contribution in [3.63, 3.8) is 0 Å². The number of benzene rings is 2. The summed E-state index contributed by atoms with van der Waals surface area (Å²) in [5.41, 5.74) is 12.2. The number of aromatic nitrogens is 3. The lowest BCUT2D eigenvalue weighted by Gasteiger charge is -2.38. The van der Waals surface area contributed by atoms with Gasteiger partial charge in [-0.3, -0.25) is 14.3 Å². The molecule has 0 radical (unpaired) electrons. The van der Waals surface area contributed by atoms with Gasteiger partial charge in [0.05, 0.1) is 18.0 Å². The SMILES string of the molecule is C=C1/C=C\n2c(nnc2CN2CCN(C(C)=O)CC2)C/C=C(/c2ccccc2)C(c2ccc(C3(N)CCC3)cc2)=N1.